The van der Waals surface area contributed by atoms with Gasteiger partial charge in [-0.1, -0.05) is 58.4 Å². The Kier molecular flexibility index (Phi) is 14.8. The van der Waals surface area contributed by atoms with Gasteiger partial charge in [0.2, 0.25) is 6.29 Å². The summed E-state index contributed by atoms with van der Waals surface area (Å²) in [6.45, 7) is 5.53. The molecule has 23 heavy (non-hydrogen) atoms. The fourth-order valence-electron chi connectivity index (χ4n) is 2.11. The standard InChI is InChI=1S/C17H29O5P/c1-3-5-6-7-8-9-10-11-12-17(21-15(18)4-2)22-16(19)13-14-23-20/h4,17H,2-3,5-14H2,1H3. The molecular formula is C17H29O5P. The first kappa shape index (κ1) is 21.8. The molecule has 0 rings (SSSR count). The zero-order valence-corrected chi connectivity index (χ0v) is 15.0. The third-order valence-corrected chi connectivity index (χ3v) is 3.78. The van der Waals surface area contributed by atoms with Crippen LogP contribution in [0.5, 0.6) is 0 Å². The molecule has 1 atom stereocenters. The van der Waals surface area contributed by atoms with Crippen molar-refractivity contribution in [3.63, 3.8) is 0 Å². The summed E-state index contributed by atoms with van der Waals surface area (Å²) in [5.74, 6) is -1.11. The molecule has 0 saturated heterocycles. The molecule has 0 aliphatic carbocycles. The molecular weight excluding hydrogens is 315 g/mol. The number of unbranched alkanes of at least 4 members (excludes halogenated alkanes) is 7. The average Bonchev–Trinajstić information content (AvgIpc) is 2.55. The Morgan fingerprint density at radius 1 is 1.04 bits per heavy atom. The van der Waals surface area contributed by atoms with Crippen LogP contribution in [0, 0.1) is 0 Å². The number of hydrogen-bond acceptors (Lipinski definition) is 5. The fourth-order valence-corrected chi connectivity index (χ4v) is 2.38. The first-order chi connectivity index (χ1) is 11.1. The van der Waals surface area contributed by atoms with Crippen LogP contribution >= 0.6 is 8.46 Å². The Morgan fingerprint density at radius 2 is 1.65 bits per heavy atom. The van der Waals surface area contributed by atoms with Crippen LogP contribution in [0.4, 0.5) is 0 Å². The van der Waals surface area contributed by atoms with Gasteiger partial charge in [-0.15, -0.1) is 0 Å². The van der Waals surface area contributed by atoms with Crippen LogP contribution in [0.3, 0.4) is 0 Å². The number of rotatable bonds is 15. The molecule has 0 amide bonds. The highest BCUT2D eigenvalue weighted by atomic mass is 31.1. The summed E-state index contributed by atoms with van der Waals surface area (Å²) >= 11 is 0. The van der Waals surface area contributed by atoms with Gasteiger partial charge < -0.3 is 9.47 Å². The number of carbonyl (C=O) groups excluding carboxylic acids is 2. The summed E-state index contributed by atoms with van der Waals surface area (Å²) in [4.78, 5) is 22.8. The smallest absolute Gasteiger partial charge is 0.333 e. The van der Waals surface area contributed by atoms with E-state index >= 15 is 0 Å². The molecule has 0 saturated carbocycles. The number of esters is 2. The van der Waals surface area contributed by atoms with E-state index in [1.54, 1.807) is 0 Å². The van der Waals surface area contributed by atoms with Crippen molar-refractivity contribution in [2.75, 3.05) is 6.16 Å². The first-order valence-corrected chi connectivity index (χ1v) is 9.45. The largest absolute Gasteiger partial charge is 0.425 e. The van der Waals surface area contributed by atoms with Gasteiger partial charge in [-0.25, -0.2) is 4.79 Å². The Bertz CT molecular complexity index is 357. The van der Waals surface area contributed by atoms with Crippen LogP contribution in [-0.2, 0) is 23.6 Å². The van der Waals surface area contributed by atoms with Gasteiger partial charge >= 0.3 is 11.9 Å². The van der Waals surface area contributed by atoms with E-state index in [4.69, 9.17) is 9.47 Å². The minimum absolute atomic E-state index is 0.0463. The lowest BCUT2D eigenvalue weighted by Crippen LogP contribution is -2.24. The number of hydrogen-bond donors (Lipinski definition) is 0. The molecule has 0 aromatic heterocycles. The third kappa shape index (κ3) is 14.1. The van der Waals surface area contributed by atoms with E-state index in [1.165, 1.54) is 32.1 Å². The van der Waals surface area contributed by atoms with Crippen molar-refractivity contribution in [3.05, 3.63) is 12.7 Å². The average molecular weight is 344 g/mol. The third-order valence-electron chi connectivity index (χ3n) is 3.38. The highest BCUT2D eigenvalue weighted by Crippen LogP contribution is 2.14. The summed E-state index contributed by atoms with van der Waals surface area (Å²) in [5.41, 5.74) is 0. The highest BCUT2D eigenvalue weighted by Gasteiger charge is 2.17. The molecule has 132 valence electrons. The number of carbonyl (C=O) groups is 2. The van der Waals surface area contributed by atoms with Crippen molar-refractivity contribution in [2.45, 2.75) is 77.4 Å². The predicted molar refractivity (Wildman–Crippen MR) is 90.5 cm³/mol. The van der Waals surface area contributed by atoms with Crippen molar-refractivity contribution in [1.29, 1.82) is 0 Å². The molecule has 6 heteroatoms. The van der Waals surface area contributed by atoms with E-state index < -0.39 is 18.2 Å². The molecule has 0 fully saturated rings. The van der Waals surface area contributed by atoms with Crippen molar-refractivity contribution in [3.8, 4) is 0 Å². The second-order valence-electron chi connectivity index (χ2n) is 5.43. The summed E-state index contributed by atoms with van der Waals surface area (Å²) in [7, 11) is -0.0991. The van der Waals surface area contributed by atoms with Gasteiger partial charge in [-0.05, 0) is 6.42 Å². The van der Waals surface area contributed by atoms with Crippen molar-refractivity contribution in [1.82, 2.24) is 0 Å². The lowest BCUT2D eigenvalue weighted by atomic mass is 10.1. The van der Waals surface area contributed by atoms with Gasteiger partial charge in [0.25, 0.3) is 0 Å². The molecule has 0 spiro atoms. The van der Waals surface area contributed by atoms with Gasteiger partial charge in [0.1, 0.15) is 0 Å². The van der Waals surface area contributed by atoms with Crippen molar-refractivity contribution >= 4 is 20.4 Å². The first-order valence-electron chi connectivity index (χ1n) is 8.45. The maximum absolute atomic E-state index is 11.5. The molecule has 5 nitrogen and oxygen atoms in total. The fraction of sp³-hybridized carbons (Fsp3) is 0.765. The summed E-state index contributed by atoms with van der Waals surface area (Å²) < 4.78 is 20.5. The van der Waals surface area contributed by atoms with Crippen LogP contribution in [0.15, 0.2) is 12.7 Å². The van der Waals surface area contributed by atoms with Gasteiger partial charge in [-0.3, -0.25) is 9.36 Å². The van der Waals surface area contributed by atoms with E-state index in [2.05, 4.69) is 13.5 Å². The van der Waals surface area contributed by atoms with Gasteiger partial charge in [0, 0.05) is 18.7 Å². The SMILES string of the molecule is C=CC(=O)OC(CCCCCCCCCC)OC(=O)CCP=O. The Labute approximate surface area is 141 Å². The lowest BCUT2D eigenvalue weighted by Gasteiger charge is -2.17. The van der Waals surface area contributed by atoms with Crippen LogP contribution in [0.25, 0.3) is 0 Å². The lowest BCUT2D eigenvalue weighted by molar-refractivity contribution is -0.185. The highest BCUT2D eigenvalue weighted by molar-refractivity contribution is 7.23. The molecule has 0 radical (unpaired) electrons. The predicted octanol–water partition coefficient (Wildman–Crippen LogP) is 4.80. The zero-order valence-electron chi connectivity index (χ0n) is 14.1. The van der Waals surface area contributed by atoms with E-state index in [9.17, 15) is 14.2 Å². The molecule has 0 aliphatic heterocycles. The molecule has 0 aliphatic rings. The zero-order chi connectivity index (χ0) is 17.3. The second-order valence-corrected chi connectivity index (χ2v) is 6.13. The quantitative estimate of drug-likeness (QED) is 0.140. The normalized spacial score (nSPS) is 11.9. The molecule has 0 heterocycles. The second kappa shape index (κ2) is 15.7. The van der Waals surface area contributed by atoms with E-state index in [0.717, 1.165) is 25.3 Å². The Morgan fingerprint density at radius 3 is 2.22 bits per heavy atom. The van der Waals surface area contributed by atoms with Crippen LogP contribution in [0.2, 0.25) is 0 Å². The van der Waals surface area contributed by atoms with E-state index in [0.29, 0.717) is 6.42 Å². The summed E-state index contributed by atoms with van der Waals surface area (Å²) in [6.07, 6.45) is 10.2. The Balaban J connectivity index is 3.96. The Hall–Kier alpha value is -1.22. The van der Waals surface area contributed by atoms with Crippen molar-refractivity contribution < 1.29 is 23.6 Å². The van der Waals surface area contributed by atoms with E-state index in [-0.39, 0.29) is 21.0 Å². The maximum Gasteiger partial charge on any atom is 0.333 e. The minimum atomic E-state index is -0.878. The van der Waals surface area contributed by atoms with Gasteiger partial charge in [0.05, 0.1) is 6.42 Å². The van der Waals surface area contributed by atoms with Gasteiger partial charge in [0.15, 0.2) is 8.46 Å². The van der Waals surface area contributed by atoms with Crippen LogP contribution in [-0.4, -0.2) is 24.4 Å². The van der Waals surface area contributed by atoms with Crippen molar-refractivity contribution in [2.24, 2.45) is 0 Å². The monoisotopic (exact) mass is 344 g/mol. The summed E-state index contributed by atoms with van der Waals surface area (Å²) in [6, 6.07) is 0. The van der Waals surface area contributed by atoms with Crippen LogP contribution < -0.4 is 0 Å². The number of ether oxygens (including phenoxy) is 2. The minimum Gasteiger partial charge on any atom is -0.425 e. The molecule has 0 aromatic carbocycles. The van der Waals surface area contributed by atoms with Gasteiger partial charge in [-0.2, -0.15) is 0 Å². The van der Waals surface area contributed by atoms with E-state index in [1.807, 2.05) is 0 Å². The summed E-state index contributed by atoms with van der Waals surface area (Å²) in [5, 5.41) is 0. The molecule has 0 aromatic rings. The molecule has 0 bridgehead atoms. The molecule has 0 N–H and O–H groups in total. The van der Waals surface area contributed by atoms with Crippen LogP contribution in [0.1, 0.15) is 71.1 Å². The molecule has 1 unspecified atom stereocenters. The maximum atomic E-state index is 11.5. The topological polar surface area (TPSA) is 69.7 Å².